The van der Waals surface area contributed by atoms with Crippen LogP contribution in [0.25, 0.3) is 0 Å². The van der Waals surface area contributed by atoms with E-state index in [2.05, 4.69) is 4.74 Å². The van der Waals surface area contributed by atoms with Crippen molar-refractivity contribution in [1.29, 1.82) is 0 Å². The lowest BCUT2D eigenvalue weighted by Gasteiger charge is -2.16. The minimum Gasteiger partial charge on any atom is -0.406 e. The van der Waals surface area contributed by atoms with E-state index in [1.54, 1.807) is 12.1 Å². The van der Waals surface area contributed by atoms with Crippen LogP contribution in [0.2, 0.25) is 0 Å². The molecule has 0 bridgehead atoms. The average Bonchev–Trinajstić information content (AvgIpc) is 2.87. The van der Waals surface area contributed by atoms with Crippen LogP contribution in [0, 0.1) is 5.92 Å². The highest BCUT2D eigenvalue weighted by molar-refractivity contribution is 6.20. The predicted octanol–water partition coefficient (Wildman–Crippen LogP) is 3.52. The Kier molecular flexibility index (Phi) is 5.08. The van der Waals surface area contributed by atoms with Crippen molar-refractivity contribution in [2.45, 2.75) is 19.7 Å². The van der Waals surface area contributed by atoms with Crippen LogP contribution in [0.1, 0.15) is 33.2 Å². The molecule has 0 saturated carbocycles. The standard InChI is InChI=1S/C19H14F3NO5/c1-11(10-12-6-8-13(9-7-12)27-19(20,21)22)18(26)28-23-16(24)14-4-2-3-5-15(14)17(23)25/h2-9,11H,10H2,1H3. The van der Waals surface area contributed by atoms with Crippen LogP contribution in [-0.4, -0.2) is 29.2 Å². The molecule has 146 valence electrons. The van der Waals surface area contributed by atoms with Crippen LogP contribution >= 0.6 is 0 Å². The highest BCUT2D eigenvalue weighted by Crippen LogP contribution is 2.25. The van der Waals surface area contributed by atoms with Crippen molar-refractivity contribution in [3.63, 3.8) is 0 Å². The number of ether oxygens (including phenoxy) is 1. The third-order valence-electron chi connectivity index (χ3n) is 4.04. The van der Waals surface area contributed by atoms with Crippen LogP contribution in [0.3, 0.4) is 0 Å². The lowest BCUT2D eigenvalue weighted by atomic mass is 10.0. The zero-order valence-corrected chi connectivity index (χ0v) is 14.5. The van der Waals surface area contributed by atoms with E-state index >= 15 is 0 Å². The molecule has 0 radical (unpaired) electrons. The Morgan fingerprint density at radius 3 is 2.04 bits per heavy atom. The topological polar surface area (TPSA) is 72.9 Å². The smallest absolute Gasteiger partial charge is 0.406 e. The first kappa shape index (κ1) is 19.4. The molecule has 0 spiro atoms. The van der Waals surface area contributed by atoms with Gasteiger partial charge in [0.2, 0.25) is 0 Å². The van der Waals surface area contributed by atoms with Crippen molar-refractivity contribution in [3.8, 4) is 5.75 Å². The number of nitrogens with zero attached hydrogens (tertiary/aromatic N) is 1. The van der Waals surface area contributed by atoms with Gasteiger partial charge in [-0.3, -0.25) is 9.59 Å². The fourth-order valence-corrected chi connectivity index (χ4v) is 2.69. The van der Waals surface area contributed by atoms with Crippen molar-refractivity contribution < 1.29 is 37.1 Å². The molecule has 0 aromatic heterocycles. The van der Waals surface area contributed by atoms with E-state index in [1.165, 1.54) is 31.2 Å². The normalized spacial score (nSPS) is 14.6. The third kappa shape index (κ3) is 4.13. The summed E-state index contributed by atoms with van der Waals surface area (Å²) in [7, 11) is 0. The van der Waals surface area contributed by atoms with Crippen LogP contribution in [0.5, 0.6) is 5.75 Å². The number of rotatable bonds is 5. The molecule has 1 heterocycles. The number of amides is 2. The first-order valence-electron chi connectivity index (χ1n) is 8.20. The second-order valence-corrected chi connectivity index (χ2v) is 6.16. The van der Waals surface area contributed by atoms with Crippen LogP contribution in [-0.2, 0) is 16.1 Å². The van der Waals surface area contributed by atoms with Gasteiger partial charge in [-0.25, -0.2) is 4.79 Å². The van der Waals surface area contributed by atoms with Crippen LogP contribution in [0.15, 0.2) is 48.5 Å². The maximum atomic E-state index is 12.3. The van der Waals surface area contributed by atoms with Gasteiger partial charge in [0.1, 0.15) is 5.75 Å². The molecule has 3 rings (SSSR count). The van der Waals surface area contributed by atoms with Crippen molar-refractivity contribution in [3.05, 3.63) is 65.2 Å². The number of carbonyl (C=O) groups excluding carboxylic acids is 3. The number of hydroxylamine groups is 2. The highest BCUT2D eigenvalue weighted by Gasteiger charge is 2.39. The van der Waals surface area contributed by atoms with Gasteiger partial charge < -0.3 is 9.57 Å². The van der Waals surface area contributed by atoms with Crippen molar-refractivity contribution >= 4 is 17.8 Å². The summed E-state index contributed by atoms with van der Waals surface area (Å²) in [4.78, 5) is 41.6. The number of alkyl halides is 3. The number of hydrogen-bond donors (Lipinski definition) is 0. The molecule has 1 aliphatic rings. The molecule has 2 aromatic rings. The maximum absolute atomic E-state index is 12.3. The molecular formula is C19H14F3NO5. The summed E-state index contributed by atoms with van der Waals surface area (Å²) in [6, 6.07) is 11.1. The molecular weight excluding hydrogens is 379 g/mol. The van der Waals surface area contributed by atoms with Gasteiger partial charge in [0.15, 0.2) is 0 Å². The summed E-state index contributed by atoms with van der Waals surface area (Å²) in [5, 5.41) is 0.420. The van der Waals surface area contributed by atoms with Gasteiger partial charge in [0.25, 0.3) is 11.8 Å². The Hall–Kier alpha value is -3.36. The predicted molar refractivity (Wildman–Crippen MR) is 89.0 cm³/mol. The number of carbonyl (C=O) groups is 3. The minimum atomic E-state index is -4.79. The zero-order chi connectivity index (χ0) is 20.5. The van der Waals surface area contributed by atoms with E-state index in [9.17, 15) is 27.6 Å². The van der Waals surface area contributed by atoms with Crippen molar-refractivity contribution in [1.82, 2.24) is 5.06 Å². The molecule has 1 unspecified atom stereocenters. The SMILES string of the molecule is CC(Cc1ccc(OC(F)(F)F)cc1)C(=O)ON1C(=O)c2ccccc2C1=O. The molecule has 1 aliphatic heterocycles. The second kappa shape index (κ2) is 7.34. The average molecular weight is 393 g/mol. The summed E-state index contributed by atoms with van der Waals surface area (Å²) in [5.74, 6) is -3.40. The molecule has 0 N–H and O–H groups in total. The lowest BCUT2D eigenvalue weighted by Crippen LogP contribution is -2.35. The van der Waals surface area contributed by atoms with Crippen molar-refractivity contribution in [2.75, 3.05) is 0 Å². The molecule has 6 nitrogen and oxygen atoms in total. The number of imide groups is 1. The fraction of sp³-hybridized carbons (Fsp3) is 0.211. The zero-order valence-electron chi connectivity index (χ0n) is 14.5. The van der Waals surface area contributed by atoms with Gasteiger partial charge >= 0.3 is 12.3 Å². The first-order chi connectivity index (χ1) is 13.2. The molecule has 0 aliphatic carbocycles. The van der Waals surface area contributed by atoms with E-state index in [4.69, 9.17) is 4.84 Å². The van der Waals surface area contributed by atoms with Crippen molar-refractivity contribution in [2.24, 2.45) is 5.92 Å². The Labute approximate surface area is 157 Å². The van der Waals surface area contributed by atoms with E-state index in [0.717, 1.165) is 12.1 Å². The third-order valence-corrected chi connectivity index (χ3v) is 4.04. The maximum Gasteiger partial charge on any atom is 0.573 e. The van der Waals surface area contributed by atoms with E-state index in [1.807, 2.05) is 0 Å². The van der Waals surface area contributed by atoms with Crippen LogP contribution < -0.4 is 4.74 Å². The minimum absolute atomic E-state index is 0.133. The molecule has 2 amide bonds. The van der Waals surface area contributed by atoms with E-state index < -0.39 is 30.1 Å². The number of fused-ring (bicyclic) bond motifs is 1. The van der Waals surface area contributed by atoms with Gasteiger partial charge in [-0.05, 0) is 36.2 Å². The van der Waals surface area contributed by atoms with Gasteiger partial charge in [0.05, 0.1) is 17.0 Å². The van der Waals surface area contributed by atoms with Gasteiger partial charge in [0, 0.05) is 0 Å². The van der Waals surface area contributed by atoms with Crippen LogP contribution in [0.4, 0.5) is 13.2 Å². The second-order valence-electron chi connectivity index (χ2n) is 6.16. The molecule has 0 saturated heterocycles. The summed E-state index contributed by atoms with van der Waals surface area (Å²) in [6.45, 7) is 1.51. The molecule has 1 atom stereocenters. The molecule has 2 aromatic carbocycles. The number of halogens is 3. The Morgan fingerprint density at radius 2 is 1.54 bits per heavy atom. The summed E-state index contributed by atoms with van der Waals surface area (Å²) in [5.41, 5.74) is 0.850. The quantitative estimate of drug-likeness (QED) is 0.727. The Morgan fingerprint density at radius 1 is 1.00 bits per heavy atom. The monoisotopic (exact) mass is 393 g/mol. The fourth-order valence-electron chi connectivity index (χ4n) is 2.69. The summed E-state index contributed by atoms with van der Waals surface area (Å²) < 4.78 is 40.3. The van der Waals surface area contributed by atoms with Gasteiger partial charge in [-0.1, -0.05) is 36.3 Å². The summed E-state index contributed by atoms with van der Waals surface area (Å²) >= 11 is 0. The summed E-state index contributed by atoms with van der Waals surface area (Å²) in [6.07, 6.45) is -4.65. The largest absolute Gasteiger partial charge is 0.573 e. The number of hydrogen-bond acceptors (Lipinski definition) is 5. The highest BCUT2D eigenvalue weighted by atomic mass is 19.4. The molecule has 28 heavy (non-hydrogen) atoms. The molecule has 9 heteroatoms. The lowest BCUT2D eigenvalue weighted by molar-refractivity contribution is -0.274. The Bertz CT molecular complexity index is 889. The van der Waals surface area contributed by atoms with Gasteiger partial charge in [-0.2, -0.15) is 0 Å². The van der Waals surface area contributed by atoms with E-state index in [0.29, 0.717) is 10.6 Å². The first-order valence-corrected chi connectivity index (χ1v) is 8.20. The molecule has 0 fully saturated rings. The van der Waals surface area contributed by atoms with Gasteiger partial charge in [-0.15, -0.1) is 13.2 Å². The Balaban J connectivity index is 1.61. The van der Waals surface area contributed by atoms with E-state index in [-0.39, 0.29) is 23.3 Å². The number of benzene rings is 2.